The second-order valence-electron chi connectivity index (χ2n) is 2.73. The van der Waals surface area contributed by atoms with Crippen molar-refractivity contribution in [1.29, 1.82) is 5.41 Å². The van der Waals surface area contributed by atoms with Gasteiger partial charge >= 0.3 is 0 Å². The minimum atomic E-state index is -0.0596. The smallest absolute Gasteiger partial charge is 0.0852 e. The summed E-state index contributed by atoms with van der Waals surface area (Å²) in [6, 6.07) is 3.56. The van der Waals surface area contributed by atoms with E-state index in [9.17, 15) is 0 Å². The minimum absolute atomic E-state index is 0.0596. The normalized spacial score (nSPS) is 11.1. The molecule has 0 atom stereocenters. The Bertz CT molecular complexity index is 330. The summed E-state index contributed by atoms with van der Waals surface area (Å²) in [5.41, 5.74) is 2.23. The van der Waals surface area contributed by atoms with E-state index in [1.807, 2.05) is 6.07 Å². The molecule has 1 heterocycles. The molecule has 0 bridgehead atoms. The van der Waals surface area contributed by atoms with E-state index in [-0.39, 0.29) is 6.61 Å². The maximum Gasteiger partial charge on any atom is 0.0852 e. The Kier molecular flexibility index (Phi) is 3.82. The van der Waals surface area contributed by atoms with Gasteiger partial charge in [-0.15, -0.1) is 0 Å². The van der Waals surface area contributed by atoms with Gasteiger partial charge < -0.3 is 15.8 Å². The van der Waals surface area contributed by atoms with Crippen LogP contribution in [0.3, 0.4) is 0 Å². The fourth-order valence-corrected chi connectivity index (χ4v) is 1.05. The molecule has 0 aromatic carbocycles. The zero-order valence-electron chi connectivity index (χ0n) is 7.99. The quantitative estimate of drug-likeness (QED) is 0.616. The van der Waals surface area contributed by atoms with Crippen molar-refractivity contribution in [3.05, 3.63) is 35.8 Å². The number of nitrogens with one attached hydrogen (secondary N) is 2. The van der Waals surface area contributed by atoms with Gasteiger partial charge in [0.1, 0.15) is 0 Å². The Morgan fingerprint density at radius 3 is 2.86 bits per heavy atom. The van der Waals surface area contributed by atoms with Gasteiger partial charge in [0.2, 0.25) is 0 Å². The van der Waals surface area contributed by atoms with Crippen LogP contribution in [0, 0.1) is 5.41 Å². The maximum atomic E-state index is 8.79. The zero-order chi connectivity index (χ0) is 10.4. The van der Waals surface area contributed by atoms with E-state index in [0.29, 0.717) is 5.69 Å². The summed E-state index contributed by atoms with van der Waals surface area (Å²) in [4.78, 5) is 4.03. The average molecular weight is 191 g/mol. The van der Waals surface area contributed by atoms with E-state index in [1.165, 1.54) is 6.21 Å². The molecule has 3 N–H and O–H groups in total. The van der Waals surface area contributed by atoms with E-state index >= 15 is 0 Å². The standard InChI is InChI=1S/C10H13N3O/c1-12-5-9(4-11)8-2-3-10(7-14)13-6-8/h2-6,11-12,14H,7H2,1H3/b9-5+,11-4?. The lowest BCUT2D eigenvalue weighted by molar-refractivity contribution is 0.277. The van der Waals surface area contributed by atoms with Crippen LogP contribution >= 0.6 is 0 Å². The molecular formula is C10H13N3O. The third-order valence-electron chi connectivity index (χ3n) is 1.78. The number of aliphatic hydroxyl groups is 1. The predicted octanol–water partition coefficient (Wildman–Crippen LogP) is 0.784. The van der Waals surface area contributed by atoms with E-state index in [1.54, 1.807) is 25.5 Å². The Balaban J connectivity index is 2.95. The van der Waals surface area contributed by atoms with Crippen molar-refractivity contribution in [1.82, 2.24) is 10.3 Å². The third-order valence-corrected chi connectivity index (χ3v) is 1.78. The second kappa shape index (κ2) is 5.14. The number of pyridine rings is 1. The van der Waals surface area contributed by atoms with Gasteiger partial charge in [-0.05, 0) is 6.07 Å². The van der Waals surface area contributed by atoms with Crippen molar-refractivity contribution < 1.29 is 5.11 Å². The summed E-state index contributed by atoms with van der Waals surface area (Å²) in [5, 5.41) is 18.8. The fraction of sp³-hybridized carbons (Fsp3) is 0.200. The van der Waals surface area contributed by atoms with Crippen LogP contribution in [0.1, 0.15) is 11.3 Å². The van der Waals surface area contributed by atoms with Gasteiger partial charge in [0, 0.05) is 36.8 Å². The molecule has 0 unspecified atom stereocenters. The monoisotopic (exact) mass is 191 g/mol. The molecule has 4 nitrogen and oxygen atoms in total. The first-order chi connectivity index (χ1) is 6.81. The first-order valence-electron chi connectivity index (χ1n) is 4.26. The van der Waals surface area contributed by atoms with Crippen molar-refractivity contribution in [2.24, 2.45) is 0 Å². The Labute approximate surface area is 82.8 Å². The van der Waals surface area contributed by atoms with Crippen LogP contribution < -0.4 is 5.32 Å². The second-order valence-corrected chi connectivity index (χ2v) is 2.73. The van der Waals surface area contributed by atoms with Crippen molar-refractivity contribution in [3.8, 4) is 0 Å². The van der Waals surface area contributed by atoms with Crippen molar-refractivity contribution in [3.63, 3.8) is 0 Å². The predicted molar refractivity (Wildman–Crippen MR) is 56.0 cm³/mol. The molecule has 0 saturated carbocycles. The van der Waals surface area contributed by atoms with Gasteiger partial charge in [-0.25, -0.2) is 0 Å². The molecule has 0 fully saturated rings. The summed E-state index contributed by atoms with van der Waals surface area (Å²) < 4.78 is 0. The van der Waals surface area contributed by atoms with Crippen LogP contribution in [0.5, 0.6) is 0 Å². The molecule has 0 aliphatic carbocycles. The van der Waals surface area contributed by atoms with Gasteiger partial charge in [-0.1, -0.05) is 6.07 Å². The number of nitrogens with zero attached hydrogens (tertiary/aromatic N) is 1. The van der Waals surface area contributed by atoms with Crippen LogP contribution in [-0.4, -0.2) is 23.4 Å². The summed E-state index contributed by atoms with van der Waals surface area (Å²) >= 11 is 0. The van der Waals surface area contributed by atoms with Crippen molar-refractivity contribution >= 4 is 11.8 Å². The average Bonchev–Trinajstić information content (AvgIpc) is 2.26. The molecular weight excluding hydrogens is 178 g/mol. The van der Waals surface area contributed by atoms with E-state index < -0.39 is 0 Å². The molecule has 1 aromatic rings. The molecule has 0 radical (unpaired) electrons. The molecule has 14 heavy (non-hydrogen) atoms. The number of aliphatic hydroxyl groups excluding tert-OH is 1. The highest BCUT2D eigenvalue weighted by Crippen LogP contribution is 2.10. The molecule has 0 amide bonds. The van der Waals surface area contributed by atoms with Crippen molar-refractivity contribution in [2.75, 3.05) is 7.05 Å². The van der Waals surface area contributed by atoms with Gasteiger partial charge in [0.15, 0.2) is 0 Å². The van der Waals surface area contributed by atoms with Crippen molar-refractivity contribution in [2.45, 2.75) is 6.61 Å². The van der Waals surface area contributed by atoms with Crippen LogP contribution in [0.15, 0.2) is 24.5 Å². The number of rotatable bonds is 4. The SMILES string of the molecule is CN/C=C(\C=N)c1ccc(CO)nc1. The highest BCUT2D eigenvalue weighted by atomic mass is 16.3. The summed E-state index contributed by atoms with van der Waals surface area (Å²) in [6.07, 6.45) is 4.62. The highest BCUT2D eigenvalue weighted by molar-refractivity contribution is 6.07. The van der Waals surface area contributed by atoms with E-state index in [4.69, 9.17) is 10.5 Å². The lowest BCUT2D eigenvalue weighted by Gasteiger charge is -2.02. The van der Waals surface area contributed by atoms with E-state index in [2.05, 4.69) is 10.3 Å². The number of hydrogen-bond donors (Lipinski definition) is 3. The third kappa shape index (κ3) is 2.40. The lowest BCUT2D eigenvalue weighted by Crippen LogP contribution is -1.98. The molecule has 0 saturated heterocycles. The number of hydrogen-bond acceptors (Lipinski definition) is 4. The molecule has 0 aliphatic heterocycles. The fourth-order valence-electron chi connectivity index (χ4n) is 1.05. The Morgan fingerprint density at radius 2 is 2.43 bits per heavy atom. The van der Waals surface area contributed by atoms with Crippen LogP contribution in [0.2, 0.25) is 0 Å². The van der Waals surface area contributed by atoms with Crippen LogP contribution in [-0.2, 0) is 6.61 Å². The molecule has 0 spiro atoms. The van der Waals surface area contributed by atoms with Crippen LogP contribution in [0.25, 0.3) is 5.57 Å². The van der Waals surface area contributed by atoms with Gasteiger partial charge in [-0.3, -0.25) is 4.98 Å². The molecule has 1 aromatic heterocycles. The molecule has 4 heteroatoms. The Hall–Kier alpha value is -1.68. The number of aromatic nitrogens is 1. The summed E-state index contributed by atoms with van der Waals surface area (Å²) in [5.74, 6) is 0. The topological polar surface area (TPSA) is 69.0 Å². The first-order valence-corrected chi connectivity index (χ1v) is 4.26. The minimum Gasteiger partial charge on any atom is -0.393 e. The van der Waals surface area contributed by atoms with Gasteiger partial charge in [0.25, 0.3) is 0 Å². The largest absolute Gasteiger partial charge is 0.393 e. The van der Waals surface area contributed by atoms with E-state index in [0.717, 1.165) is 11.1 Å². The summed E-state index contributed by atoms with van der Waals surface area (Å²) in [6.45, 7) is -0.0596. The first kappa shape index (κ1) is 10.4. The molecule has 0 aliphatic rings. The number of allylic oxidation sites excluding steroid dienone is 1. The summed E-state index contributed by atoms with van der Waals surface area (Å²) in [7, 11) is 1.78. The van der Waals surface area contributed by atoms with Gasteiger partial charge in [-0.2, -0.15) is 0 Å². The lowest BCUT2D eigenvalue weighted by atomic mass is 10.1. The molecule has 74 valence electrons. The van der Waals surface area contributed by atoms with Gasteiger partial charge in [0.05, 0.1) is 12.3 Å². The zero-order valence-corrected chi connectivity index (χ0v) is 7.99. The van der Waals surface area contributed by atoms with Crippen LogP contribution in [0.4, 0.5) is 0 Å². The molecule has 1 rings (SSSR count). The maximum absolute atomic E-state index is 8.79. The Morgan fingerprint density at radius 1 is 1.64 bits per heavy atom. The highest BCUT2D eigenvalue weighted by Gasteiger charge is 1.98.